The van der Waals surface area contributed by atoms with E-state index in [1.54, 1.807) is 7.11 Å². The van der Waals surface area contributed by atoms with Crippen LogP contribution in [0.5, 0.6) is 5.75 Å². The summed E-state index contributed by atoms with van der Waals surface area (Å²) in [6.45, 7) is 2.00. The molecule has 0 aliphatic carbocycles. The lowest BCUT2D eigenvalue weighted by Crippen LogP contribution is -2.15. The molecule has 0 aliphatic rings. The van der Waals surface area contributed by atoms with Crippen LogP contribution in [0.2, 0.25) is 0 Å². The van der Waals surface area contributed by atoms with Gasteiger partial charge in [0.05, 0.1) is 12.8 Å². The summed E-state index contributed by atoms with van der Waals surface area (Å²) in [7, 11) is 1.63. The largest absolute Gasteiger partial charge is 0.495 e. The van der Waals surface area contributed by atoms with Crippen LogP contribution in [0, 0.1) is 0 Å². The summed E-state index contributed by atoms with van der Waals surface area (Å²) in [4.78, 5) is 0. The Balaban J connectivity index is 2.76. The Hall–Kier alpha value is -1.22. The van der Waals surface area contributed by atoms with Crippen molar-refractivity contribution >= 4 is 5.69 Å². The van der Waals surface area contributed by atoms with Gasteiger partial charge in [0.2, 0.25) is 0 Å². The van der Waals surface area contributed by atoms with E-state index in [1.807, 2.05) is 25.1 Å². The maximum atomic E-state index is 5.91. The maximum absolute atomic E-state index is 5.91. The van der Waals surface area contributed by atoms with Crippen LogP contribution in [-0.4, -0.2) is 13.2 Å². The Morgan fingerprint density at radius 2 is 2.14 bits per heavy atom. The van der Waals surface area contributed by atoms with Crippen LogP contribution in [0.1, 0.15) is 18.9 Å². The molecule has 0 radical (unpaired) electrons. The molecule has 0 heterocycles. The molecule has 0 fully saturated rings. The number of para-hydroxylation sites is 1. The van der Waals surface area contributed by atoms with Gasteiger partial charge < -0.3 is 16.2 Å². The molecule has 4 N–H and O–H groups in total. The number of rotatable bonds is 4. The second-order valence-corrected chi connectivity index (χ2v) is 3.55. The van der Waals surface area contributed by atoms with E-state index in [-0.39, 0.29) is 6.04 Å². The van der Waals surface area contributed by atoms with Crippen molar-refractivity contribution in [3.8, 4) is 5.75 Å². The molecule has 1 aromatic rings. The minimum atomic E-state index is 0.209. The number of benzene rings is 1. The molecular weight excluding hydrogens is 176 g/mol. The highest BCUT2D eigenvalue weighted by Gasteiger charge is 2.05. The van der Waals surface area contributed by atoms with E-state index in [4.69, 9.17) is 16.2 Å². The van der Waals surface area contributed by atoms with E-state index in [0.717, 1.165) is 29.8 Å². The molecule has 3 nitrogen and oxygen atoms in total. The fourth-order valence-corrected chi connectivity index (χ4v) is 1.37. The summed E-state index contributed by atoms with van der Waals surface area (Å²) >= 11 is 0. The summed E-state index contributed by atoms with van der Waals surface area (Å²) in [5.74, 6) is 0.743. The lowest BCUT2D eigenvalue weighted by molar-refractivity contribution is 0.416. The average molecular weight is 194 g/mol. The summed E-state index contributed by atoms with van der Waals surface area (Å²) in [6.07, 6.45) is 1.85. The highest BCUT2D eigenvalue weighted by molar-refractivity contribution is 5.58. The van der Waals surface area contributed by atoms with Crippen LogP contribution in [0.4, 0.5) is 5.69 Å². The van der Waals surface area contributed by atoms with Crippen molar-refractivity contribution in [1.82, 2.24) is 0 Å². The molecule has 14 heavy (non-hydrogen) atoms. The van der Waals surface area contributed by atoms with Gasteiger partial charge in [-0.15, -0.1) is 0 Å². The monoisotopic (exact) mass is 194 g/mol. The number of aryl methyl sites for hydroxylation is 1. The molecule has 3 heteroatoms. The van der Waals surface area contributed by atoms with Gasteiger partial charge >= 0.3 is 0 Å². The van der Waals surface area contributed by atoms with Crippen LogP contribution in [0.25, 0.3) is 0 Å². The van der Waals surface area contributed by atoms with Crippen molar-refractivity contribution in [3.05, 3.63) is 23.8 Å². The molecular formula is C11H18N2O. The first kappa shape index (κ1) is 10.9. The van der Waals surface area contributed by atoms with Gasteiger partial charge in [-0.05, 0) is 31.4 Å². The van der Waals surface area contributed by atoms with Crippen LogP contribution < -0.4 is 16.2 Å². The number of anilines is 1. The Bertz CT molecular complexity index is 297. The highest BCUT2D eigenvalue weighted by atomic mass is 16.5. The maximum Gasteiger partial charge on any atom is 0.142 e. The third kappa shape index (κ3) is 2.64. The summed E-state index contributed by atoms with van der Waals surface area (Å²) in [5, 5.41) is 0. The normalized spacial score (nSPS) is 12.5. The van der Waals surface area contributed by atoms with Gasteiger partial charge in [-0.1, -0.05) is 12.1 Å². The summed E-state index contributed by atoms with van der Waals surface area (Å²) in [5.41, 5.74) is 13.4. The third-order valence-corrected chi connectivity index (χ3v) is 2.25. The predicted octanol–water partition coefficient (Wildman–Crippen LogP) is 1.56. The van der Waals surface area contributed by atoms with E-state index in [0.29, 0.717) is 0 Å². The molecule has 1 atom stereocenters. The molecule has 0 aromatic heterocycles. The molecule has 1 unspecified atom stereocenters. The predicted molar refractivity (Wildman–Crippen MR) is 59.4 cm³/mol. The topological polar surface area (TPSA) is 61.3 Å². The molecule has 0 saturated carbocycles. The molecule has 0 bridgehead atoms. The Morgan fingerprint density at radius 1 is 1.43 bits per heavy atom. The number of hydrogen-bond acceptors (Lipinski definition) is 3. The van der Waals surface area contributed by atoms with Gasteiger partial charge in [-0.3, -0.25) is 0 Å². The van der Waals surface area contributed by atoms with Crippen LogP contribution >= 0.6 is 0 Å². The average Bonchev–Trinajstić information content (AvgIpc) is 2.16. The van der Waals surface area contributed by atoms with Crippen molar-refractivity contribution in [2.45, 2.75) is 25.8 Å². The molecule has 0 amide bonds. The summed E-state index contributed by atoms with van der Waals surface area (Å²) < 4.78 is 5.14. The van der Waals surface area contributed by atoms with Gasteiger partial charge in [-0.2, -0.15) is 0 Å². The first-order valence-corrected chi connectivity index (χ1v) is 4.82. The van der Waals surface area contributed by atoms with E-state index in [9.17, 15) is 0 Å². The zero-order valence-corrected chi connectivity index (χ0v) is 8.79. The highest BCUT2D eigenvalue weighted by Crippen LogP contribution is 2.25. The van der Waals surface area contributed by atoms with E-state index < -0.39 is 0 Å². The number of ether oxygens (including phenoxy) is 1. The zero-order valence-electron chi connectivity index (χ0n) is 8.79. The number of nitrogens with two attached hydrogens (primary N) is 2. The molecule has 1 aromatic carbocycles. The lowest BCUT2D eigenvalue weighted by Gasteiger charge is -2.10. The standard InChI is InChI=1S/C11H18N2O/c1-8(12)6-7-9-4-3-5-10(14-2)11(9)13/h3-5,8H,6-7,12-13H2,1-2H3. The number of hydrogen-bond donors (Lipinski definition) is 2. The van der Waals surface area contributed by atoms with E-state index in [1.165, 1.54) is 0 Å². The van der Waals surface area contributed by atoms with Crippen molar-refractivity contribution in [3.63, 3.8) is 0 Å². The van der Waals surface area contributed by atoms with Gasteiger partial charge in [0, 0.05) is 6.04 Å². The molecule has 0 saturated heterocycles. The smallest absolute Gasteiger partial charge is 0.142 e. The van der Waals surface area contributed by atoms with Crippen molar-refractivity contribution in [2.75, 3.05) is 12.8 Å². The first-order valence-electron chi connectivity index (χ1n) is 4.82. The molecule has 78 valence electrons. The van der Waals surface area contributed by atoms with Crippen LogP contribution in [0.15, 0.2) is 18.2 Å². The summed E-state index contributed by atoms with van der Waals surface area (Å²) in [6, 6.07) is 6.04. The molecule has 0 spiro atoms. The molecule has 1 rings (SSSR count). The quantitative estimate of drug-likeness (QED) is 0.715. The second kappa shape index (κ2) is 4.86. The van der Waals surface area contributed by atoms with Crippen molar-refractivity contribution < 1.29 is 4.74 Å². The SMILES string of the molecule is COc1cccc(CCC(C)N)c1N. The van der Waals surface area contributed by atoms with Gasteiger partial charge in [-0.25, -0.2) is 0 Å². The minimum Gasteiger partial charge on any atom is -0.495 e. The third-order valence-electron chi connectivity index (χ3n) is 2.25. The Morgan fingerprint density at radius 3 is 2.71 bits per heavy atom. The number of nitrogen functional groups attached to an aromatic ring is 1. The van der Waals surface area contributed by atoms with Gasteiger partial charge in [0.1, 0.15) is 5.75 Å². The molecule has 0 aliphatic heterocycles. The minimum absolute atomic E-state index is 0.209. The van der Waals surface area contributed by atoms with E-state index >= 15 is 0 Å². The first-order chi connectivity index (χ1) is 6.65. The Labute approximate surface area is 85.0 Å². The zero-order chi connectivity index (χ0) is 10.6. The fourth-order valence-electron chi connectivity index (χ4n) is 1.37. The Kier molecular flexibility index (Phi) is 3.77. The lowest BCUT2D eigenvalue weighted by atomic mass is 10.0. The fraction of sp³-hybridized carbons (Fsp3) is 0.455. The van der Waals surface area contributed by atoms with Gasteiger partial charge in [0.25, 0.3) is 0 Å². The van der Waals surface area contributed by atoms with Crippen molar-refractivity contribution in [2.24, 2.45) is 5.73 Å². The second-order valence-electron chi connectivity index (χ2n) is 3.55. The van der Waals surface area contributed by atoms with Crippen LogP contribution in [0.3, 0.4) is 0 Å². The van der Waals surface area contributed by atoms with E-state index in [2.05, 4.69) is 0 Å². The van der Waals surface area contributed by atoms with Crippen molar-refractivity contribution in [1.29, 1.82) is 0 Å². The van der Waals surface area contributed by atoms with Crippen LogP contribution in [-0.2, 0) is 6.42 Å². The van der Waals surface area contributed by atoms with Gasteiger partial charge in [0.15, 0.2) is 0 Å². The number of methoxy groups -OCH3 is 1.